The second-order valence-electron chi connectivity index (χ2n) is 4.91. The maximum absolute atomic E-state index is 12.1. The lowest BCUT2D eigenvalue weighted by Gasteiger charge is -2.09. The molecule has 0 unspecified atom stereocenters. The normalized spacial score (nSPS) is 12.3. The molecule has 0 aromatic carbocycles. The third kappa shape index (κ3) is 5.49. The molecule has 0 aliphatic heterocycles. The molecular weight excluding hydrogens is 349 g/mol. The van der Waals surface area contributed by atoms with Crippen molar-refractivity contribution in [3.05, 3.63) is 36.3 Å². The van der Waals surface area contributed by atoms with Gasteiger partial charge in [0.05, 0.1) is 18.9 Å². The van der Waals surface area contributed by atoms with Crippen molar-refractivity contribution in [2.45, 2.75) is 24.5 Å². The number of sulfonamides is 1. The highest BCUT2D eigenvalue weighted by molar-refractivity contribution is 7.89. The molecule has 11 heteroatoms. The van der Waals surface area contributed by atoms with Gasteiger partial charge in [-0.3, -0.25) is 4.68 Å². The maximum Gasteiger partial charge on any atom is 0.422 e. The van der Waals surface area contributed by atoms with E-state index in [1.165, 1.54) is 0 Å². The molecule has 2 rings (SSSR count). The summed E-state index contributed by atoms with van der Waals surface area (Å²) < 4.78 is 68.5. The zero-order valence-electron chi connectivity index (χ0n) is 12.6. The molecule has 132 valence electrons. The minimum absolute atomic E-state index is 0.107. The Hall–Kier alpha value is -2.14. The molecule has 0 radical (unpaired) electrons. The summed E-state index contributed by atoms with van der Waals surface area (Å²) in [5.74, 6) is -0.307. The van der Waals surface area contributed by atoms with Gasteiger partial charge in [0.25, 0.3) is 0 Å². The number of aryl methyl sites for hydroxylation is 1. The molecule has 0 fully saturated rings. The predicted molar refractivity (Wildman–Crippen MR) is 77.9 cm³/mol. The molecular formula is C13H15F3N4O3S. The van der Waals surface area contributed by atoms with E-state index in [9.17, 15) is 21.6 Å². The molecule has 0 amide bonds. The summed E-state index contributed by atoms with van der Waals surface area (Å²) in [6.45, 7) is 0.818. The van der Waals surface area contributed by atoms with Crippen LogP contribution in [-0.4, -0.2) is 42.5 Å². The van der Waals surface area contributed by atoms with Crippen LogP contribution >= 0.6 is 0 Å². The zero-order chi connectivity index (χ0) is 17.8. The third-order valence-corrected chi connectivity index (χ3v) is 4.24. The van der Waals surface area contributed by atoms with Crippen molar-refractivity contribution in [2.24, 2.45) is 0 Å². The van der Waals surface area contributed by atoms with Crippen molar-refractivity contribution in [3.63, 3.8) is 0 Å². The number of nitrogens with zero attached hydrogens (tertiary/aromatic N) is 3. The van der Waals surface area contributed by atoms with Gasteiger partial charge in [-0.2, -0.15) is 18.3 Å². The molecule has 2 aromatic heterocycles. The Bertz CT molecular complexity index is 773. The summed E-state index contributed by atoms with van der Waals surface area (Å²) >= 11 is 0. The van der Waals surface area contributed by atoms with Crippen LogP contribution in [0.4, 0.5) is 13.2 Å². The SMILES string of the molecule is Cc1cnn(CCNS(=O)(=O)c2ccc(OCC(F)(F)F)nc2)c1. The number of pyridine rings is 1. The number of hydrogen-bond donors (Lipinski definition) is 1. The Balaban J connectivity index is 1.91. The number of aromatic nitrogens is 3. The quantitative estimate of drug-likeness (QED) is 0.805. The Morgan fingerprint density at radius 1 is 1.29 bits per heavy atom. The van der Waals surface area contributed by atoms with E-state index in [1.807, 2.05) is 6.92 Å². The summed E-state index contributed by atoms with van der Waals surface area (Å²) in [5, 5.41) is 4.02. The molecule has 0 saturated heterocycles. The van der Waals surface area contributed by atoms with Gasteiger partial charge in [-0.1, -0.05) is 0 Å². The Morgan fingerprint density at radius 3 is 2.58 bits per heavy atom. The summed E-state index contributed by atoms with van der Waals surface area (Å²) in [4.78, 5) is 3.39. The first kappa shape index (κ1) is 18.2. The van der Waals surface area contributed by atoms with Gasteiger partial charge in [0.15, 0.2) is 6.61 Å². The standard InChI is InChI=1S/C13H15F3N4O3S/c1-10-6-18-20(8-10)5-4-19-24(21,22)11-2-3-12(17-7-11)23-9-13(14,15)16/h2-3,6-8,19H,4-5,9H2,1H3. The van der Waals surface area contributed by atoms with E-state index < -0.39 is 22.8 Å². The molecule has 0 spiro atoms. The van der Waals surface area contributed by atoms with Crippen LogP contribution in [0.3, 0.4) is 0 Å². The van der Waals surface area contributed by atoms with Gasteiger partial charge in [0.2, 0.25) is 15.9 Å². The number of ether oxygens (including phenoxy) is 1. The lowest BCUT2D eigenvalue weighted by atomic mass is 10.4. The Kier molecular flexibility index (Phi) is 5.44. The second kappa shape index (κ2) is 7.18. The minimum Gasteiger partial charge on any atom is -0.468 e. The number of rotatable bonds is 7. The average Bonchev–Trinajstić information content (AvgIpc) is 2.90. The van der Waals surface area contributed by atoms with E-state index in [2.05, 4.69) is 19.5 Å². The first-order valence-corrected chi connectivity index (χ1v) is 8.28. The van der Waals surface area contributed by atoms with Gasteiger partial charge in [-0.25, -0.2) is 18.1 Å². The summed E-state index contributed by atoms with van der Waals surface area (Å²) in [7, 11) is -3.82. The van der Waals surface area contributed by atoms with Crippen LogP contribution in [0.5, 0.6) is 5.88 Å². The maximum atomic E-state index is 12.1. The van der Waals surface area contributed by atoms with Gasteiger partial charge in [-0.15, -0.1) is 0 Å². The van der Waals surface area contributed by atoms with Crippen molar-refractivity contribution >= 4 is 10.0 Å². The highest BCUT2D eigenvalue weighted by atomic mass is 32.2. The Labute approximate surface area is 136 Å². The number of hydrogen-bond acceptors (Lipinski definition) is 5. The highest BCUT2D eigenvalue weighted by Gasteiger charge is 2.28. The summed E-state index contributed by atoms with van der Waals surface area (Å²) in [6, 6.07) is 2.19. The van der Waals surface area contributed by atoms with Crippen LogP contribution in [0.15, 0.2) is 35.6 Å². The molecule has 1 N–H and O–H groups in total. The molecule has 2 aromatic rings. The fourth-order valence-electron chi connectivity index (χ4n) is 1.73. The van der Waals surface area contributed by atoms with E-state index >= 15 is 0 Å². The first-order chi connectivity index (χ1) is 11.2. The smallest absolute Gasteiger partial charge is 0.422 e. The van der Waals surface area contributed by atoms with E-state index in [0.717, 1.165) is 23.9 Å². The molecule has 0 aliphatic rings. The van der Waals surface area contributed by atoms with Gasteiger partial charge in [-0.05, 0) is 18.6 Å². The van der Waals surface area contributed by atoms with Crippen LogP contribution < -0.4 is 9.46 Å². The van der Waals surface area contributed by atoms with Crippen molar-refractivity contribution in [1.82, 2.24) is 19.5 Å². The van der Waals surface area contributed by atoms with Gasteiger partial charge in [0, 0.05) is 18.8 Å². The number of nitrogens with one attached hydrogen (secondary N) is 1. The van der Waals surface area contributed by atoms with E-state index in [0.29, 0.717) is 6.54 Å². The first-order valence-electron chi connectivity index (χ1n) is 6.80. The predicted octanol–water partition coefficient (Wildman–Crippen LogP) is 1.51. The van der Waals surface area contributed by atoms with Crippen LogP contribution in [-0.2, 0) is 16.6 Å². The zero-order valence-corrected chi connectivity index (χ0v) is 13.4. The van der Waals surface area contributed by atoms with Gasteiger partial charge in [0.1, 0.15) is 4.90 Å². The lowest BCUT2D eigenvalue weighted by Crippen LogP contribution is -2.27. The van der Waals surface area contributed by atoms with Crippen molar-refractivity contribution in [1.29, 1.82) is 0 Å². The molecule has 2 heterocycles. The molecule has 0 saturated carbocycles. The highest BCUT2D eigenvalue weighted by Crippen LogP contribution is 2.18. The van der Waals surface area contributed by atoms with Crippen LogP contribution in [0.1, 0.15) is 5.56 Å². The van der Waals surface area contributed by atoms with Crippen molar-refractivity contribution < 1.29 is 26.3 Å². The molecule has 0 aliphatic carbocycles. The summed E-state index contributed by atoms with van der Waals surface area (Å²) in [5.41, 5.74) is 0.955. The topological polar surface area (TPSA) is 86.1 Å². The van der Waals surface area contributed by atoms with E-state index in [1.54, 1.807) is 17.1 Å². The van der Waals surface area contributed by atoms with E-state index in [-0.39, 0.29) is 17.3 Å². The van der Waals surface area contributed by atoms with Crippen molar-refractivity contribution in [3.8, 4) is 5.88 Å². The van der Waals surface area contributed by atoms with E-state index in [4.69, 9.17) is 0 Å². The third-order valence-electron chi connectivity index (χ3n) is 2.80. The molecule has 0 bridgehead atoms. The Morgan fingerprint density at radius 2 is 2.04 bits per heavy atom. The van der Waals surface area contributed by atoms with Crippen molar-refractivity contribution in [2.75, 3.05) is 13.2 Å². The van der Waals surface area contributed by atoms with Crippen LogP contribution in [0.25, 0.3) is 0 Å². The molecule has 7 nitrogen and oxygen atoms in total. The minimum atomic E-state index is -4.49. The summed E-state index contributed by atoms with van der Waals surface area (Å²) in [6.07, 6.45) is -0.133. The average molecular weight is 364 g/mol. The van der Waals surface area contributed by atoms with Gasteiger partial charge >= 0.3 is 6.18 Å². The molecule has 24 heavy (non-hydrogen) atoms. The fourth-order valence-corrected chi connectivity index (χ4v) is 2.70. The van der Waals surface area contributed by atoms with Crippen LogP contribution in [0.2, 0.25) is 0 Å². The largest absolute Gasteiger partial charge is 0.468 e. The second-order valence-corrected chi connectivity index (χ2v) is 6.68. The van der Waals surface area contributed by atoms with Gasteiger partial charge < -0.3 is 4.74 Å². The fraction of sp³-hybridized carbons (Fsp3) is 0.385. The number of alkyl halides is 3. The lowest BCUT2D eigenvalue weighted by molar-refractivity contribution is -0.154. The molecule has 0 atom stereocenters. The monoisotopic (exact) mass is 364 g/mol. The number of halogens is 3. The van der Waals surface area contributed by atoms with Crippen LogP contribution in [0, 0.1) is 6.92 Å².